The van der Waals surface area contributed by atoms with E-state index in [4.69, 9.17) is 20.6 Å². The summed E-state index contributed by atoms with van der Waals surface area (Å²) in [6.45, 7) is 2.47. The van der Waals surface area contributed by atoms with Crippen LogP contribution in [0.3, 0.4) is 0 Å². The molecule has 2 atom stereocenters. The molecule has 1 amide bonds. The number of rotatable bonds is 9. The molecule has 1 aliphatic rings. The standard InChI is InChI=1S/C21H28FN3O3/c1-15-16(10-12-19(26)25-20(23)24)9-11-18(17-7-4-3-5-8-17)21(15,22)28-14-6-13-27-2/h3-5,7-9,11,15H,6,10,12-14H2,1-2H3,(H4,23,24,25,26). The van der Waals surface area contributed by atoms with Gasteiger partial charge in [0.25, 0.3) is 0 Å². The highest BCUT2D eigenvalue weighted by Gasteiger charge is 2.45. The van der Waals surface area contributed by atoms with Crippen LogP contribution in [-0.4, -0.2) is 38.0 Å². The van der Waals surface area contributed by atoms with Gasteiger partial charge in [0.05, 0.1) is 6.61 Å². The fourth-order valence-corrected chi connectivity index (χ4v) is 3.23. The first-order valence-electron chi connectivity index (χ1n) is 9.30. The van der Waals surface area contributed by atoms with E-state index >= 15 is 4.39 Å². The van der Waals surface area contributed by atoms with E-state index in [9.17, 15) is 4.79 Å². The third kappa shape index (κ3) is 5.50. The van der Waals surface area contributed by atoms with Crippen molar-refractivity contribution in [3.8, 4) is 0 Å². The van der Waals surface area contributed by atoms with Crippen molar-refractivity contribution in [2.24, 2.45) is 11.7 Å². The molecule has 2 rings (SSSR count). The molecule has 1 aromatic carbocycles. The SMILES string of the molecule is COCCCOC1(F)C(c2ccccc2)=CC=C(CCC(=O)NC(=N)N)C1C. The third-order valence-electron chi connectivity index (χ3n) is 4.75. The van der Waals surface area contributed by atoms with Gasteiger partial charge in [-0.05, 0) is 18.4 Å². The summed E-state index contributed by atoms with van der Waals surface area (Å²) < 4.78 is 27.0. The van der Waals surface area contributed by atoms with Crippen molar-refractivity contribution in [3.63, 3.8) is 0 Å². The number of carbonyl (C=O) groups is 1. The second-order valence-electron chi connectivity index (χ2n) is 6.71. The molecule has 1 aromatic rings. The molecule has 6 nitrogen and oxygen atoms in total. The summed E-state index contributed by atoms with van der Waals surface area (Å²) in [5.41, 5.74) is 7.17. The van der Waals surface area contributed by atoms with E-state index in [1.165, 1.54) is 0 Å². The summed E-state index contributed by atoms with van der Waals surface area (Å²) in [5, 5.41) is 9.36. The lowest BCUT2D eigenvalue weighted by atomic mass is 9.79. The highest BCUT2D eigenvalue weighted by molar-refractivity contribution is 5.94. The second kappa shape index (κ2) is 10.1. The molecule has 1 aliphatic carbocycles. The van der Waals surface area contributed by atoms with E-state index in [0.717, 1.165) is 11.1 Å². The van der Waals surface area contributed by atoms with Gasteiger partial charge in [-0.2, -0.15) is 0 Å². The lowest BCUT2D eigenvalue weighted by Gasteiger charge is -2.38. The number of amides is 1. The Morgan fingerprint density at radius 2 is 2.00 bits per heavy atom. The van der Waals surface area contributed by atoms with Gasteiger partial charge in [0.1, 0.15) is 0 Å². The van der Waals surface area contributed by atoms with Crippen molar-refractivity contribution in [2.45, 2.75) is 32.0 Å². The maximum Gasteiger partial charge on any atom is 0.242 e. The van der Waals surface area contributed by atoms with Gasteiger partial charge in [-0.3, -0.25) is 15.5 Å². The van der Waals surface area contributed by atoms with E-state index in [1.807, 2.05) is 36.4 Å². The number of alkyl halides is 1. The number of carbonyl (C=O) groups excluding carboxylic acids is 1. The number of allylic oxidation sites excluding steroid dienone is 2. The molecular weight excluding hydrogens is 361 g/mol. The van der Waals surface area contributed by atoms with Crippen LogP contribution in [0.1, 0.15) is 31.7 Å². The Morgan fingerprint density at radius 1 is 1.29 bits per heavy atom. The normalized spacial score (nSPS) is 21.6. The number of guanidine groups is 1. The Labute approximate surface area is 165 Å². The molecule has 0 saturated carbocycles. The van der Waals surface area contributed by atoms with Crippen molar-refractivity contribution in [2.75, 3.05) is 20.3 Å². The molecule has 28 heavy (non-hydrogen) atoms. The molecule has 0 heterocycles. The number of halogens is 1. The van der Waals surface area contributed by atoms with Gasteiger partial charge < -0.3 is 15.2 Å². The number of hydrogen-bond acceptors (Lipinski definition) is 4. The Kier molecular flexibility index (Phi) is 7.90. The molecule has 0 bridgehead atoms. The number of ether oxygens (including phenoxy) is 2. The fourth-order valence-electron chi connectivity index (χ4n) is 3.23. The van der Waals surface area contributed by atoms with Crippen molar-refractivity contribution in [1.29, 1.82) is 5.41 Å². The summed E-state index contributed by atoms with van der Waals surface area (Å²) in [4.78, 5) is 11.8. The van der Waals surface area contributed by atoms with Crippen LogP contribution >= 0.6 is 0 Å². The van der Waals surface area contributed by atoms with Gasteiger partial charge in [0.2, 0.25) is 11.8 Å². The highest BCUT2D eigenvalue weighted by Crippen LogP contribution is 2.45. The number of methoxy groups -OCH3 is 1. The first-order valence-corrected chi connectivity index (χ1v) is 9.30. The number of nitrogens with one attached hydrogen (secondary N) is 2. The van der Waals surface area contributed by atoms with Gasteiger partial charge in [0.15, 0.2) is 5.96 Å². The molecular formula is C21H28FN3O3. The van der Waals surface area contributed by atoms with E-state index in [0.29, 0.717) is 25.0 Å². The number of hydrogen-bond donors (Lipinski definition) is 3. The van der Waals surface area contributed by atoms with Crippen LogP contribution < -0.4 is 11.1 Å². The second-order valence-corrected chi connectivity index (χ2v) is 6.71. The predicted octanol–water partition coefficient (Wildman–Crippen LogP) is 3.15. The zero-order chi connectivity index (χ0) is 20.6. The highest BCUT2D eigenvalue weighted by atomic mass is 19.2. The Morgan fingerprint density at radius 3 is 2.64 bits per heavy atom. The lowest BCUT2D eigenvalue weighted by molar-refractivity contribution is -0.128. The van der Waals surface area contributed by atoms with Crippen molar-refractivity contribution >= 4 is 17.4 Å². The first kappa shape index (κ1) is 21.8. The number of benzene rings is 1. The lowest BCUT2D eigenvalue weighted by Crippen LogP contribution is -2.40. The maximum absolute atomic E-state index is 16.2. The van der Waals surface area contributed by atoms with E-state index in [2.05, 4.69) is 5.32 Å². The largest absolute Gasteiger partial charge is 0.385 e. The van der Waals surface area contributed by atoms with Crippen LogP contribution in [0.4, 0.5) is 4.39 Å². The number of nitrogens with two attached hydrogens (primary N) is 1. The van der Waals surface area contributed by atoms with Crippen molar-refractivity contribution in [1.82, 2.24) is 5.32 Å². The van der Waals surface area contributed by atoms with Crippen LogP contribution in [-0.2, 0) is 14.3 Å². The van der Waals surface area contributed by atoms with E-state index in [-0.39, 0.29) is 18.9 Å². The molecule has 0 spiro atoms. The minimum absolute atomic E-state index is 0.115. The van der Waals surface area contributed by atoms with Gasteiger partial charge in [0, 0.05) is 31.6 Å². The smallest absolute Gasteiger partial charge is 0.242 e. The summed E-state index contributed by atoms with van der Waals surface area (Å²) >= 11 is 0. The van der Waals surface area contributed by atoms with Gasteiger partial charge in [-0.1, -0.05) is 55.0 Å². The average molecular weight is 389 g/mol. The summed E-state index contributed by atoms with van der Waals surface area (Å²) in [5.74, 6) is -3.34. The molecule has 0 fully saturated rings. The summed E-state index contributed by atoms with van der Waals surface area (Å²) in [6.07, 6.45) is 4.63. The molecule has 7 heteroatoms. The maximum atomic E-state index is 16.2. The van der Waals surface area contributed by atoms with Gasteiger partial charge in [-0.25, -0.2) is 4.39 Å². The molecule has 152 valence electrons. The minimum atomic E-state index is -2.00. The minimum Gasteiger partial charge on any atom is -0.385 e. The van der Waals surface area contributed by atoms with Crippen LogP contribution in [0.5, 0.6) is 0 Å². The topological polar surface area (TPSA) is 97.4 Å². The molecule has 2 unspecified atom stereocenters. The molecule has 4 N–H and O–H groups in total. The summed E-state index contributed by atoms with van der Waals surface area (Å²) in [7, 11) is 1.59. The van der Waals surface area contributed by atoms with Gasteiger partial charge in [-0.15, -0.1) is 0 Å². The Balaban J connectivity index is 2.22. The molecule has 0 saturated heterocycles. The Hall–Kier alpha value is -2.51. The zero-order valence-electron chi connectivity index (χ0n) is 16.3. The monoisotopic (exact) mass is 389 g/mol. The predicted molar refractivity (Wildman–Crippen MR) is 107 cm³/mol. The average Bonchev–Trinajstić information content (AvgIpc) is 2.67. The fraction of sp³-hybridized carbons (Fsp3) is 0.429. The van der Waals surface area contributed by atoms with Crippen molar-refractivity contribution < 1.29 is 18.7 Å². The van der Waals surface area contributed by atoms with Crippen LogP contribution in [0.2, 0.25) is 0 Å². The molecule has 0 aliphatic heterocycles. The molecule has 0 radical (unpaired) electrons. The van der Waals surface area contributed by atoms with E-state index < -0.39 is 17.7 Å². The summed E-state index contributed by atoms with van der Waals surface area (Å²) in [6, 6.07) is 9.30. The Bertz CT molecular complexity index is 749. The quantitative estimate of drug-likeness (QED) is 0.343. The van der Waals surface area contributed by atoms with Crippen LogP contribution in [0.25, 0.3) is 5.57 Å². The van der Waals surface area contributed by atoms with Gasteiger partial charge >= 0.3 is 0 Å². The first-order chi connectivity index (χ1) is 13.4. The molecule has 0 aromatic heterocycles. The van der Waals surface area contributed by atoms with E-state index in [1.54, 1.807) is 20.1 Å². The van der Waals surface area contributed by atoms with Crippen LogP contribution in [0.15, 0.2) is 48.1 Å². The third-order valence-corrected chi connectivity index (χ3v) is 4.75. The van der Waals surface area contributed by atoms with Crippen molar-refractivity contribution in [3.05, 3.63) is 53.6 Å². The zero-order valence-corrected chi connectivity index (χ0v) is 16.3. The van der Waals surface area contributed by atoms with Crippen LogP contribution in [0, 0.1) is 11.3 Å².